The van der Waals surface area contributed by atoms with Crippen LogP contribution >= 0.6 is 0 Å². The van der Waals surface area contributed by atoms with Gasteiger partial charge in [-0.2, -0.15) is 0 Å². The van der Waals surface area contributed by atoms with Crippen molar-refractivity contribution in [1.29, 1.82) is 0 Å². The number of benzene rings is 1. The van der Waals surface area contributed by atoms with Gasteiger partial charge in [-0.3, -0.25) is 0 Å². The highest BCUT2D eigenvalue weighted by atomic mass is 15.4. The molecule has 1 aliphatic heterocycles. The lowest BCUT2D eigenvalue weighted by Crippen LogP contribution is -2.32. The first-order valence-electron chi connectivity index (χ1n) is 18.6. The first kappa shape index (κ1) is 35.8. The van der Waals surface area contributed by atoms with E-state index < -0.39 is 0 Å². The third-order valence-electron chi connectivity index (χ3n) is 9.22. The van der Waals surface area contributed by atoms with E-state index in [1.807, 2.05) is 0 Å². The average Bonchev–Trinajstić information content (AvgIpc) is 3.40. The van der Waals surface area contributed by atoms with Crippen LogP contribution in [0.4, 0.5) is 0 Å². The molecule has 0 saturated heterocycles. The summed E-state index contributed by atoms with van der Waals surface area (Å²) >= 11 is 0. The predicted octanol–water partition coefficient (Wildman–Crippen LogP) is 13.0. The standard InChI is InChI=1S/C39H70N2/c1-3-5-7-9-11-13-15-17-19-21-23-25-30-34-40-36-37-41(39(40)38-32-28-27-29-33-38)35-31-26-24-22-20-18-16-14-12-10-8-6-4-2/h27-29,32-33,36-37,39H,3-26,30-31,34-35H2,1-2H3. The molecular formula is C39H70N2. The maximum Gasteiger partial charge on any atom is 0.127 e. The Balaban J connectivity index is 1.53. The van der Waals surface area contributed by atoms with Gasteiger partial charge in [-0.1, -0.05) is 198 Å². The van der Waals surface area contributed by atoms with E-state index in [0.29, 0.717) is 6.17 Å². The van der Waals surface area contributed by atoms with Crippen molar-refractivity contribution in [3.8, 4) is 0 Å². The first-order valence-corrected chi connectivity index (χ1v) is 18.6. The van der Waals surface area contributed by atoms with Crippen molar-refractivity contribution in [2.45, 2.75) is 187 Å². The molecule has 2 nitrogen and oxygen atoms in total. The minimum absolute atomic E-state index is 0.394. The Morgan fingerprint density at radius 2 is 0.683 bits per heavy atom. The van der Waals surface area contributed by atoms with Crippen molar-refractivity contribution in [2.24, 2.45) is 0 Å². The molecular weight excluding hydrogens is 496 g/mol. The zero-order valence-electron chi connectivity index (χ0n) is 27.8. The topological polar surface area (TPSA) is 6.48 Å². The van der Waals surface area contributed by atoms with Crippen LogP contribution in [0.2, 0.25) is 0 Å². The monoisotopic (exact) mass is 567 g/mol. The Kier molecular flexibility index (Phi) is 22.9. The van der Waals surface area contributed by atoms with Crippen LogP contribution in [0.25, 0.3) is 0 Å². The van der Waals surface area contributed by atoms with E-state index in [1.54, 1.807) is 0 Å². The lowest BCUT2D eigenvalue weighted by Gasteiger charge is -2.33. The molecule has 0 aromatic heterocycles. The van der Waals surface area contributed by atoms with Gasteiger partial charge in [0, 0.05) is 25.5 Å². The zero-order valence-corrected chi connectivity index (χ0v) is 27.8. The fraction of sp³-hybridized carbons (Fsp3) is 0.795. The Morgan fingerprint density at radius 1 is 0.390 bits per heavy atom. The zero-order chi connectivity index (χ0) is 29.1. The van der Waals surface area contributed by atoms with Crippen molar-refractivity contribution in [3.05, 3.63) is 48.3 Å². The molecule has 2 heteroatoms. The summed E-state index contributed by atoms with van der Waals surface area (Å²) in [6, 6.07) is 11.2. The second-order valence-electron chi connectivity index (χ2n) is 13.0. The molecule has 236 valence electrons. The number of hydrogen-bond donors (Lipinski definition) is 0. The van der Waals surface area contributed by atoms with E-state index in [4.69, 9.17) is 0 Å². The van der Waals surface area contributed by atoms with Crippen LogP contribution in [0.15, 0.2) is 42.7 Å². The van der Waals surface area contributed by atoms with Crippen LogP contribution in [0.5, 0.6) is 0 Å². The van der Waals surface area contributed by atoms with Crippen LogP contribution < -0.4 is 0 Å². The molecule has 0 unspecified atom stereocenters. The molecule has 1 aromatic rings. The summed E-state index contributed by atoms with van der Waals surface area (Å²) in [5.74, 6) is 0. The highest BCUT2D eigenvalue weighted by Gasteiger charge is 2.26. The molecule has 41 heavy (non-hydrogen) atoms. The van der Waals surface area contributed by atoms with Gasteiger partial charge in [0.05, 0.1) is 0 Å². The normalized spacial score (nSPS) is 13.6. The molecule has 0 aliphatic carbocycles. The van der Waals surface area contributed by atoms with Gasteiger partial charge in [-0.25, -0.2) is 0 Å². The molecule has 0 amide bonds. The minimum atomic E-state index is 0.394. The molecule has 1 heterocycles. The molecule has 0 atom stereocenters. The van der Waals surface area contributed by atoms with Gasteiger partial charge < -0.3 is 9.80 Å². The van der Waals surface area contributed by atoms with Crippen LogP contribution in [-0.4, -0.2) is 22.9 Å². The Labute approximate surface area is 257 Å². The summed E-state index contributed by atoms with van der Waals surface area (Å²) < 4.78 is 0. The maximum atomic E-state index is 2.61. The average molecular weight is 567 g/mol. The summed E-state index contributed by atoms with van der Waals surface area (Å²) in [5, 5.41) is 0. The summed E-state index contributed by atoms with van der Waals surface area (Å²) in [6.45, 7) is 6.98. The SMILES string of the molecule is CCCCCCCCCCCCCCCN1C=CN(CCCCCCCCCCCCCCC)C1c1ccccc1. The van der Waals surface area contributed by atoms with Crippen LogP contribution in [-0.2, 0) is 0 Å². The molecule has 0 N–H and O–H groups in total. The summed E-state index contributed by atoms with van der Waals surface area (Å²) in [4.78, 5) is 5.21. The highest BCUT2D eigenvalue weighted by molar-refractivity contribution is 5.21. The molecule has 2 rings (SSSR count). The molecule has 0 spiro atoms. The third kappa shape index (κ3) is 18.0. The fourth-order valence-corrected chi connectivity index (χ4v) is 6.55. The van der Waals surface area contributed by atoms with E-state index in [1.165, 1.54) is 186 Å². The number of unbranched alkanes of at least 4 members (excludes halogenated alkanes) is 24. The minimum Gasteiger partial charge on any atom is -0.352 e. The Bertz CT molecular complexity index is 659. The summed E-state index contributed by atoms with van der Waals surface area (Å²) in [5.41, 5.74) is 1.45. The van der Waals surface area contributed by atoms with Gasteiger partial charge in [0.15, 0.2) is 0 Å². The molecule has 1 aliphatic rings. The van der Waals surface area contributed by atoms with Crippen LogP contribution in [0.1, 0.15) is 193 Å². The van der Waals surface area contributed by atoms with Crippen molar-refractivity contribution < 1.29 is 0 Å². The Hall–Kier alpha value is -1.44. The van der Waals surface area contributed by atoms with E-state index in [2.05, 4.69) is 66.4 Å². The predicted molar refractivity (Wildman–Crippen MR) is 183 cm³/mol. The lowest BCUT2D eigenvalue weighted by atomic mass is 10.0. The van der Waals surface area contributed by atoms with Gasteiger partial charge in [-0.05, 0) is 18.4 Å². The summed E-state index contributed by atoms with van der Waals surface area (Å²) in [7, 11) is 0. The van der Waals surface area contributed by atoms with Crippen LogP contribution in [0, 0.1) is 0 Å². The highest BCUT2D eigenvalue weighted by Crippen LogP contribution is 2.31. The van der Waals surface area contributed by atoms with Gasteiger partial charge in [0.25, 0.3) is 0 Å². The fourth-order valence-electron chi connectivity index (χ4n) is 6.55. The summed E-state index contributed by atoms with van der Waals surface area (Å²) in [6.07, 6.45) is 42.1. The smallest absolute Gasteiger partial charge is 0.127 e. The molecule has 1 aromatic carbocycles. The van der Waals surface area contributed by atoms with E-state index in [-0.39, 0.29) is 0 Å². The lowest BCUT2D eigenvalue weighted by molar-refractivity contribution is 0.149. The van der Waals surface area contributed by atoms with Gasteiger partial charge in [0.2, 0.25) is 0 Å². The van der Waals surface area contributed by atoms with Crippen molar-refractivity contribution in [1.82, 2.24) is 9.80 Å². The van der Waals surface area contributed by atoms with Crippen molar-refractivity contribution >= 4 is 0 Å². The molecule has 0 saturated carbocycles. The first-order chi connectivity index (χ1) is 20.4. The molecule has 0 radical (unpaired) electrons. The van der Waals surface area contributed by atoms with Crippen LogP contribution in [0.3, 0.4) is 0 Å². The number of rotatable bonds is 29. The van der Waals surface area contributed by atoms with E-state index in [0.717, 1.165) is 0 Å². The van der Waals surface area contributed by atoms with Gasteiger partial charge >= 0.3 is 0 Å². The number of nitrogens with zero attached hydrogens (tertiary/aromatic N) is 2. The Morgan fingerprint density at radius 3 is 1.00 bits per heavy atom. The quantitative estimate of drug-likeness (QED) is 0.0890. The molecule has 0 bridgehead atoms. The maximum absolute atomic E-state index is 2.61. The molecule has 0 fully saturated rings. The van der Waals surface area contributed by atoms with Crippen molar-refractivity contribution in [2.75, 3.05) is 13.1 Å². The largest absolute Gasteiger partial charge is 0.352 e. The number of hydrogen-bond acceptors (Lipinski definition) is 2. The van der Waals surface area contributed by atoms with E-state index in [9.17, 15) is 0 Å². The van der Waals surface area contributed by atoms with Gasteiger partial charge in [0.1, 0.15) is 6.17 Å². The second kappa shape index (κ2) is 26.2. The van der Waals surface area contributed by atoms with Gasteiger partial charge in [-0.15, -0.1) is 0 Å². The second-order valence-corrected chi connectivity index (χ2v) is 13.0. The van der Waals surface area contributed by atoms with E-state index >= 15 is 0 Å². The third-order valence-corrected chi connectivity index (χ3v) is 9.22. The van der Waals surface area contributed by atoms with Crippen molar-refractivity contribution in [3.63, 3.8) is 0 Å².